The number of carboxylic acids is 1. The first kappa shape index (κ1) is 10.9. The molecule has 1 spiro atoms. The van der Waals surface area contributed by atoms with Crippen molar-refractivity contribution in [2.75, 3.05) is 32.7 Å². The zero-order valence-corrected chi connectivity index (χ0v) is 9.13. The predicted octanol–water partition coefficient (Wildman–Crippen LogP) is -0.798. The molecule has 0 saturated carbocycles. The maximum absolute atomic E-state index is 10.5. The summed E-state index contributed by atoms with van der Waals surface area (Å²) in [4.78, 5) is 12.5. The molecule has 0 atom stereocenters. The van der Waals surface area contributed by atoms with Crippen LogP contribution < -0.4 is 10.4 Å². The highest BCUT2D eigenvalue weighted by Gasteiger charge is 2.35. The lowest BCUT2D eigenvalue weighted by Crippen LogP contribution is -2.48. The molecule has 0 aromatic carbocycles. The number of carbonyl (C=O) groups is 1. The topological polar surface area (TPSA) is 55.4 Å². The number of aliphatic carboxylic acids is 1. The van der Waals surface area contributed by atoms with Crippen LogP contribution in [-0.4, -0.2) is 43.6 Å². The molecule has 0 unspecified atom stereocenters. The molecule has 2 aliphatic rings. The van der Waals surface area contributed by atoms with Gasteiger partial charge < -0.3 is 15.2 Å². The molecule has 0 bridgehead atoms. The molecular weight excluding hydrogens is 192 g/mol. The first-order valence-corrected chi connectivity index (χ1v) is 5.83. The van der Waals surface area contributed by atoms with E-state index >= 15 is 0 Å². The minimum absolute atomic E-state index is 0.105. The number of piperidine rings is 2. The number of carbonyl (C=O) groups excluding carboxylic acids is 1. The Morgan fingerprint density at radius 3 is 2.33 bits per heavy atom. The minimum Gasteiger partial charge on any atom is -0.549 e. The van der Waals surface area contributed by atoms with E-state index < -0.39 is 5.97 Å². The molecule has 15 heavy (non-hydrogen) atoms. The Balaban J connectivity index is 1.82. The van der Waals surface area contributed by atoms with Crippen molar-refractivity contribution >= 4 is 5.97 Å². The lowest BCUT2D eigenvalue weighted by Gasteiger charge is -2.44. The highest BCUT2D eigenvalue weighted by atomic mass is 16.4. The average molecular weight is 211 g/mol. The summed E-state index contributed by atoms with van der Waals surface area (Å²) in [6, 6.07) is 0. The van der Waals surface area contributed by atoms with E-state index in [9.17, 15) is 9.90 Å². The molecule has 2 saturated heterocycles. The van der Waals surface area contributed by atoms with E-state index in [0.717, 1.165) is 39.0 Å². The number of hydrogen-bond acceptors (Lipinski definition) is 4. The highest BCUT2D eigenvalue weighted by molar-refractivity contribution is 5.66. The standard InChI is InChI=1S/C11H20N2O2/c14-10(15)9-13-7-3-11(4-8-13)1-5-12-6-2-11/h12H,1-9H2,(H,14,15)/p-1. The van der Waals surface area contributed by atoms with E-state index in [1.807, 2.05) is 4.90 Å². The van der Waals surface area contributed by atoms with Crippen LogP contribution in [0.4, 0.5) is 0 Å². The third-order valence-corrected chi connectivity index (χ3v) is 3.93. The Hall–Kier alpha value is -0.610. The molecule has 0 aliphatic carbocycles. The highest BCUT2D eigenvalue weighted by Crippen LogP contribution is 2.39. The van der Waals surface area contributed by atoms with Crippen molar-refractivity contribution in [3.05, 3.63) is 0 Å². The van der Waals surface area contributed by atoms with Crippen LogP contribution in [0.15, 0.2) is 0 Å². The largest absolute Gasteiger partial charge is 0.549 e. The van der Waals surface area contributed by atoms with Gasteiger partial charge >= 0.3 is 0 Å². The second kappa shape index (κ2) is 4.49. The summed E-state index contributed by atoms with van der Waals surface area (Å²) >= 11 is 0. The molecule has 2 fully saturated rings. The van der Waals surface area contributed by atoms with Gasteiger partial charge in [-0.1, -0.05) is 0 Å². The van der Waals surface area contributed by atoms with E-state index in [0.29, 0.717) is 5.41 Å². The van der Waals surface area contributed by atoms with Crippen LogP contribution in [0.1, 0.15) is 25.7 Å². The molecule has 2 heterocycles. The first-order valence-electron chi connectivity index (χ1n) is 5.83. The Bertz CT molecular complexity index is 227. The second-order valence-electron chi connectivity index (χ2n) is 4.90. The van der Waals surface area contributed by atoms with Gasteiger partial charge in [-0.15, -0.1) is 0 Å². The van der Waals surface area contributed by atoms with E-state index in [1.165, 1.54) is 12.8 Å². The minimum atomic E-state index is -0.948. The van der Waals surface area contributed by atoms with Crippen molar-refractivity contribution < 1.29 is 9.90 Å². The van der Waals surface area contributed by atoms with E-state index in [-0.39, 0.29) is 6.54 Å². The maximum Gasteiger partial charge on any atom is 0.0555 e. The van der Waals surface area contributed by atoms with Gasteiger partial charge in [0.25, 0.3) is 0 Å². The smallest absolute Gasteiger partial charge is 0.0555 e. The molecule has 0 radical (unpaired) electrons. The molecule has 1 N–H and O–H groups in total. The van der Waals surface area contributed by atoms with Crippen LogP contribution in [0.3, 0.4) is 0 Å². The van der Waals surface area contributed by atoms with Crippen LogP contribution in [0.5, 0.6) is 0 Å². The quantitative estimate of drug-likeness (QED) is 0.650. The van der Waals surface area contributed by atoms with Crippen LogP contribution in [0.25, 0.3) is 0 Å². The third kappa shape index (κ3) is 2.69. The van der Waals surface area contributed by atoms with Gasteiger partial charge in [0, 0.05) is 6.54 Å². The second-order valence-corrected chi connectivity index (χ2v) is 4.90. The monoisotopic (exact) mass is 211 g/mol. The summed E-state index contributed by atoms with van der Waals surface area (Å²) in [5, 5.41) is 13.9. The van der Waals surface area contributed by atoms with Gasteiger partial charge in [0.2, 0.25) is 0 Å². The molecule has 4 heteroatoms. The molecule has 0 aromatic rings. The summed E-state index contributed by atoms with van der Waals surface area (Å²) < 4.78 is 0. The summed E-state index contributed by atoms with van der Waals surface area (Å²) in [7, 11) is 0. The van der Waals surface area contributed by atoms with Gasteiger partial charge in [-0.2, -0.15) is 0 Å². The molecule has 2 aliphatic heterocycles. The number of carboxylic acid groups (broad SMARTS) is 1. The number of nitrogens with zero attached hydrogens (tertiary/aromatic N) is 1. The summed E-state index contributed by atoms with van der Waals surface area (Å²) in [5.41, 5.74) is 0.508. The van der Waals surface area contributed by atoms with Gasteiger partial charge in [0.05, 0.1) is 5.97 Å². The SMILES string of the molecule is O=C([O-])CN1CCC2(CCNCC2)CC1. The Kier molecular flexibility index (Phi) is 3.26. The molecule has 0 amide bonds. The maximum atomic E-state index is 10.5. The lowest BCUT2D eigenvalue weighted by atomic mass is 9.71. The van der Waals surface area contributed by atoms with Crippen LogP contribution in [-0.2, 0) is 4.79 Å². The molecule has 2 rings (SSSR count). The van der Waals surface area contributed by atoms with Crippen molar-refractivity contribution in [3.63, 3.8) is 0 Å². The van der Waals surface area contributed by atoms with Gasteiger partial charge in [-0.3, -0.25) is 4.90 Å². The Labute approximate surface area is 90.6 Å². The summed E-state index contributed by atoms with van der Waals surface area (Å²) in [6.45, 7) is 4.21. The fourth-order valence-electron chi connectivity index (χ4n) is 2.83. The van der Waals surface area contributed by atoms with Crippen LogP contribution in [0, 0.1) is 5.41 Å². The van der Waals surface area contributed by atoms with Crippen LogP contribution >= 0.6 is 0 Å². The van der Waals surface area contributed by atoms with E-state index in [2.05, 4.69) is 5.32 Å². The van der Waals surface area contributed by atoms with Gasteiger partial charge in [0.15, 0.2) is 0 Å². The lowest BCUT2D eigenvalue weighted by molar-refractivity contribution is -0.306. The van der Waals surface area contributed by atoms with Crippen LogP contribution in [0.2, 0.25) is 0 Å². The Morgan fingerprint density at radius 2 is 1.80 bits per heavy atom. The molecular formula is C11H19N2O2-. The van der Waals surface area contributed by atoms with E-state index in [4.69, 9.17) is 0 Å². The van der Waals surface area contributed by atoms with Crippen molar-refractivity contribution in [2.24, 2.45) is 5.41 Å². The summed E-state index contributed by atoms with van der Waals surface area (Å²) in [6.07, 6.45) is 4.82. The van der Waals surface area contributed by atoms with Crippen molar-refractivity contribution in [1.29, 1.82) is 0 Å². The zero-order chi connectivity index (χ0) is 10.7. The zero-order valence-electron chi connectivity index (χ0n) is 9.13. The fourth-order valence-corrected chi connectivity index (χ4v) is 2.83. The van der Waals surface area contributed by atoms with Crippen molar-refractivity contribution in [2.45, 2.75) is 25.7 Å². The number of nitrogens with one attached hydrogen (secondary N) is 1. The normalized spacial score (nSPS) is 26.7. The predicted molar refractivity (Wildman–Crippen MR) is 55.2 cm³/mol. The Morgan fingerprint density at radius 1 is 1.20 bits per heavy atom. The molecule has 86 valence electrons. The van der Waals surface area contributed by atoms with Gasteiger partial charge in [-0.25, -0.2) is 0 Å². The fraction of sp³-hybridized carbons (Fsp3) is 0.909. The number of likely N-dealkylation sites (tertiary alicyclic amines) is 1. The molecule has 4 nitrogen and oxygen atoms in total. The van der Waals surface area contributed by atoms with Gasteiger partial charge in [-0.05, 0) is 57.3 Å². The number of hydrogen-bond donors (Lipinski definition) is 1. The third-order valence-electron chi connectivity index (χ3n) is 3.93. The summed E-state index contributed by atoms with van der Waals surface area (Å²) in [5.74, 6) is -0.948. The van der Waals surface area contributed by atoms with Crippen molar-refractivity contribution in [1.82, 2.24) is 10.2 Å². The first-order chi connectivity index (χ1) is 7.20. The van der Waals surface area contributed by atoms with E-state index in [1.54, 1.807) is 0 Å². The average Bonchev–Trinajstić information content (AvgIpc) is 2.23. The molecule has 0 aromatic heterocycles. The van der Waals surface area contributed by atoms with Crippen molar-refractivity contribution in [3.8, 4) is 0 Å². The number of rotatable bonds is 2. The van der Waals surface area contributed by atoms with Gasteiger partial charge in [0.1, 0.15) is 0 Å².